The predicted octanol–water partition coefficient (Wildman–Crippen LogP) is 1.65. The van der Waals surface area contributed by atoms with Crippen LogP contribution in [0.1, 0.15) is 56.2 Å². The van der Waals surface area contributed by atoms with Gasteiger partial charge in [0.2, 0.25) is 5.89 Å². The molecule has 0 bridgehead atoms. The van der Waals surface area contributed by atoms with Crippen LogP contribution in [0.3, 0.4) is 0 Å². The molecular weight excluding hydrogens is 228 g/mol. The summed E-state index contributed by atoms with van der Waals surface area (Å²) in [7, 11) is 2.15. The molecule has 2 N–H and O–H groups in total. The van der Waals surface area contributed by atoms with Crippen LogP contribution in [0, 0.1) is 0 Å². The Labute approximate surface area is 108 Å². The topological polar surface area (TPSA) is 68.2 Å². The van der Waals surface area contributed by atoms with Gasteiger partial charge >= 0.3 is 0 Å². The van der Waals surface area contributed by atoms with Crippen molar-refractivity contribution in [1.29, 1.82) is 0 Å². The Kier molecular flexibility index (Phi) is 3.35. The van der Waals surface area contributed by atoms with Gasteiger partial charge in [-0.1, -0.05) is 5.16 Å². The maximum atomic E-state index is 5.94. The Bertz CT molecular complexity index is 393. The van der Waals surface area contributed by atoms with Crippen molar-refractivity contribution in [2.45, 2.75) is 63.1 Å². The van der Waals surface area contributed by atoms with Crippen LogP contribution in [-0.4, -0.2) is 34.2 Å². The third-order valence-electron chi connectivity index (χ3n) is 4.17. The largest absolute Gasteiger partial charge is 0.339 e. The molecular formula is C13H22N4O. The van der Waals surface area contributed by atoms with Crippen LogP contribution in [-0.2, 0) is 6.54 Å². The molecule has 5 heteroatoms. The van der Waals surface area contributed by atoms with Gasteiger partial charge in [-0.25, -0.2) is 0 Å². The Hall–Kier alpha value is -0.940. The molecule has 0 spiro atoms. The van der Waals surface area contributed by atoms with Crippen molar-refractivity contribution in [1.82, 2.24) is 15.0 Å². The fourth-order valence-electron chi connectivity index (χ4n) is 2.72. The third kappa shape index (κ3) is 2.72. The number of hydrogen-bond donors (Lipinski definition) is 1. The first kappa shape index (κ1) is 12.1. The highest BCUT2D eigenvalue weighted by Crippen LogP contribution is 2.38. The lowest BCUT2D eigenvalue weighted by molar-refractivity contribution is 0.171. The molecule has 1 aromatic heterocycles. The minimum atomic E-state index is 0.404. The van der Waals surface area contributed by atoms with E-state index in [1.165, 1.54) is 25.7 Å². The molecule has 0 aliphatic heterocycles. The first-order valence-electron chi connectivity index (χ1n) is 7.00. The summed E-state index contributed by atoms with van der Waals surface area (Å²) < 4.78 is 5.29. The highest BCUT2D eigenvalue weighted by atomic mass is 16.5. The Balaban J connectivity index is 1.54. The van der Waals surface area contributed by atoms with Gasteiger partial charge in [0, 0.05) is 18.0 Å². The van der Waals surface area contributed by atoms with Gasteiger partial charge in [-0.15, -0.1) is 0 Å². The van der Waals surface area contributed by atoms with Gasteiger partial charge in [0.15, 0.2) is 5.82 Å². The number of aromatic nitrogens is 2. The lowest BCUT2D eigenvalue weighted by atomic mass is 9.91. The van der Waals surface area contributed by atoms with Gasteiger partial charge in [-0.05, 0) is 45.6 Å². The average molecular weight is 250 g/mol. The highest BCUT2D eigenvalue weighted by Gasteiger charge is 2.30. The molecule has 0 radical (unpaired) electrons. The SMILES string of the molecule is CN(Cc1noc(C2CC2)n1)C1CCC(N)CC1. The molecule has 2 fully saturated rings. The average Bonchev–Trinajstić information content (AvgIpc) is 3.11. The minimum absolute atomic E-state index is 0.404. The van der Waals surface area contributed by atoms with Crippen LogP contribution in [0.25, 0.3) is 0 Å². The molecule has 3 rings (SSSR count). The highest BCUT2D eigenvalue weighted by molar-refractivity contribution is 5.01. The van der Waals surface area contributed by atoms with E-state index in [1.807, 2.05) is 0 Å². The summed E-state index contributed by atoms with van der Waals surface area (Å²) in [6.45, 7) is 0.788. The van der Waals surface area contributed by atoms with Crippen molar-refractivity contribution in [3.8, 4) is 0 Å². The smallest absolute Gasteiger partial charge is 0.229 e. The van der Waals surface area contributed by atoms with E-state index in [1.54, 1.807) is 0 Å². The van der Waals surface area contributed by atoms with Crippen molar-refractivity contribution in [3.63, 3.8) is 0 Å². The molecule has 2 aliphatic carbocycles. The van der Waals surface area contributed by atoms with Crippen LogP contribution >= 0.6 is 0 Å². The number of rotatable bonds is 4. The van der Waals surface area contributed by atoms with Gasteiger partial charge in [-0.3, -0.25) is 4.90 Å². The molecule has 0 aromatic carbocycles. The standard InChI is InChI=1S/C13H22N4O/c1-17(11-6-4-10(14)5-7-11)8-12-15-13(18-16-12)9-2-3-9/h9-11H,2-8,14H2,1H3. The summed E-state index contributed by atoms with van der Waals surface area (Å²) in [5.41, 5.74) is 5.94. The quantitative estimate of drug-likeness (QED) is 0.880. The van der Waals surface area contributed by atoms with Gasteiger partial charge in [-0.2, -0.15) is 4.98 Å². The summed E-state index contributed by atoms with van der Waals surface area (Å²) in [4.78, 5) is 6.82. The molecule has 5 nitrogen and oxygen atoms in total. The molecule has 0 saturated heterocycles. The maximum absolute atomic E-state index is 5.94. The van der Waals surface area contributed by atoms with Crippen LogP contribution < -0.4 is 5.73 Å². The van der Waals surface area contributed by atoms with E-state index in [4.69, 9.17) is 10.3 Å². The van der Waals surface area contributed by atoms with E-state index < -0.39 is 0 Å². The van der Waals surface area contributed by atoms with E-state index in [0.717, 1.165) is 31.1 Å². The maximum Gasteiger partial charge on any atom is 0.229 e. The first-order valence-corrected chi connectivity index (χ1v) is 7.00. The fourth-order valence-corrected chi connectivity index (χ4v) is 2.72. The zero-order chi connectivity index (χ0) is 12.5. The van der Waals surface area contributed by atoms with Gasteiger partial charge in [0.1, 0.15) is 0 Å². The van der Waals surface area contributed by atoms with Crippen molar-refractivity contribution in [3.05, 3.63) is 11.7 Å². The van der Waals surface area contributed by atoms with E-state index in [9.17, 15) is 0 Å². The lowest BCUT2D eigenvalue weighted by Crippen LogP contribution is -2.38. The minimum Gasteiger partial charge on any atom is -0.339 e. The summed E-state index contributed by atoms with van der Waals surface area (Å²) in [6, 6.07) is 1.02. The molecule has 0 atom stereocenters. The Morgan fingerprint density at radius 1 is 1.22 bits per heavy atom. The fraction of sp³-hybridized carbons (Fsp3) is 0.846. The normalized spacial score (nSPS) is 28.8. The van der Waals surface area contributed by atoms with E-state index >= 15 is 0 Å². The van der Waals surface area contributed by atoms with Crippen LogP contribution in [0.15, 0.2) is 4.52 Å². The molecule has 0 amide bonds. The number of hydrogen-bond acceptors (Lipinski definition) is 5. The summed E-state index contributed by atoms with van der Waals surface area (Å²) >= 11 is 0. The second-order valence-electron chi connectivity index (χ2n) is 5.81. The van der Waals surface area contributed by atoms with Crippen LogP contribution in [0.2, 0.25) is 0 Å². The van der Waals surface area contributed by atoms with Crippen molar-refractivity contribution in [2.75, 3.05) is 7.05 Å². The van der Waals surface area contributed by atoms with Crippen LogP contribution in [0.4, 0.5) is 0 Å². The molecule has 2 saturated carbocycles. The zero-order valence-corrected chi connectivity index (χ0v) is 11.0. The molecule has 1 heterocycles. The second-order valence-corrected chi connectivity index (χ2v) is 5.81. The lowest BCUT2D eigenvalue weighted by Gasteiger charge is -2.32. The van der Waals surface area contributed by atoms with Crippen molar-refractivity contribution >= 4 is 0 Å². The van der Waals surface area contributed by atoms with E-state index in [0.29, 0.717) is 18.0 Å². The summed E-state index contributed by atoms with van der Waals surface area (Å²) in [5, 5.41) is 4.07. The molecule has 0 unspecified atom stereocenters. The first-order chi connectivity index (χ1) is 8.72. The Morgan fingerprint density at radius 2 is 1.94 bits per heavy atom. The number of nitrogens with zero attached hydrogens (tertiary/aromatic N) is 3. The number of nitrogens with two attached hydrogens (primary N) is 1. The monoisotopic (exact) mass is 250 g/mol. The summed E-state index contributed by atoms with van der Waals surface area (Å²) in [6.07, 6.45) is 7.05. The Morgan fingerprint density at radius 3 is 2.61 bits per heavy atom. The molecule has 18 heavy (non-hydrogen) atoms. The van der Waals surface area contributed by atoms with Gasteiger partial charge in [0.25, 0.3) is 0 Å². The van der Waals surface area contributed by atoms with Crippen LogP contribution in [0.5, 0.6) is 0 Å². The summed E-state index contributed by atoms with van der Waals surface area (Å²) in [5.74, 6) is 2.21. The third-order valence-corrected chi connectivity index (χ3v) is 4.17. The molecule has 2 aliphatic rings. The van der Waals surface area contributed by atoms with E-state index in [-0.39, 0.29) is 0 Å². The van der Waals surface area contributed by atoms with Gasteiger partial charge < -0.3 is 10.3 Å². The predicted molar refractivity (Wildman–Crippen MR) is 68.0 cm³/mol. The van der Waals surface area contributed by atoms with Crippen molar-refractivity contribution in [2.24, 2.45) is 5.73 Å². The second kappa shape index (κ2) is 4.97. The van der Waals surface area contributed by atoms with Gasteiger partial charge in [0.05, 0.1) is 6.54 Å². The molecule has 100 valence electrons. The molecule has 1 aromatic rings. The van der Waals surface area contributed by atoms with Crippen molar-refractivity contribution < 1.29 is 4.52 Å². The zero-order valence-electron chi connectivity index (χ0n) is 11.0. The van der Waals surface area contributed by atoms with E-state index in [2.05, 4.69) is 22.1 Å².